The van der Waals surface area contributed by atoms with Crippen molar-refractivity contribution in [3.05, 3.63) is 34.1 Å². The maximum absolute atomic E-state index is 13.0. The first-order valence-electron chi connectivity index (χ1n) is 4.24. The van der Waals surface area contributed by atoms with E-state index in [4.69, 9.17) is 0 Å². The number of methoxy groups -OCH3 is 1. The average molecular weight is 277 g/mol. The van der Waals surface area contributed by atoms with Gasteiger partial charge < -0.3 is 9.84 Å². The third kappa shape index (κ3) is 3.60. The van der Waals surface area contributed by atoms with Crippen molar-refractivity contribution >= 4 is 21.9 Å². The van der Waals surface area contributed by atoms with Gasteiger partial charge in [-0.2, -0.15) is 0 Å². The number of aliphatic hydroxyl groups excluding tert-OH is 1. The molecule has 0 aliphatic rings. The van der Waals surface area contributed by atoms with Gasteiger partial charge >= 0.3 is 5.97 Å². The quantitative estimate of drug-likeness (QED) is 0.861. The normalized spacial score (nSPS) is 12.3. The molecule has 82 valence electrons. The number of carbonyl (C=O) groups excluding carboxylic acids is 1. The Balaban J connectivity index is 2.81. The second-order valence-corrected chi connectivity index (χ2v) is 3.91. The number of carbonyl (C=O) groups is 1. The highest BCUT2D eigenvalue weighted by molar-refractivity contribution is 9.10. The Kier molecular flexibility index (Phi) is 4.23. The third-order valence-electron chi connectivity index (χ3n) is 1.86. The summed E-state index contributed by atoms with van der Waals surface area (Å²) in [6.45, 7) is 0. The van der Waals surface area contributed by atoms with Crippen LogP contribution in [0.2, 0.25) is 0 Å². The molecule has 0 aliphatic heterocycles. The Hall–Kier alpha value is -0.940. The molecule has 0 radical (unpaired) electrons. The molecule has 0 spiro atoms. The minimum atomic E-state index is -1.05. The molecule has 0 aromatic heterocycles. The summed E-state index contributed by atoms with van der Waals surface area (Å²) < 4.78 is 17.9. The number of aliphatic hydroxyl groups is 1. The number of halogens is 2. The van der Waals surface area contributed by atoms with E-state index in [-0.39, 0.29) is 6.42 Å². The first-order valence-corrected chi connectivity index (χ1v) is 5.03. The zero-order chi connectivity index (χ0) is 11.4. The molecule has 1 N–H and O–H groups in total. The molecule has 0 aliphatic carbocycles. The molecule has 1 aromatic carbocycles. The summed E-state index contributed by atoms with van der Waals surface area (Å²) in [5, 5.41) is 9.58. The molecule has 3 nitrogen and oxygen atoms in total. The molecule has 0 fully saturated rings. The van der Waals surface area contributed by atoms with Crippen molar-refractivity contribution in [2.45, 2.75) is 12.5 Å². The summed E-state index contributed by atoms with van der Waals surface area (Å²) in [7, 11) is 1.23. The Morgan fingerprint density at radius 3 is 2.80 bits per heavy atom. The van der Waals surface area contributed by atoms with Crippen LogP contribution in [0.25, 0.3) is 0 Å². The van der Waals surface area contributed by atoms with Crippen LogP contribution in [0, 0.1) is 5.82 Å². The van der Waals surface area contributed by atoms with Crippen LogP contribution in [-0.4, -0.2) is 18.2 Å². The zero-order valence-corrected chi connectivity index (χ0v) is 9.62. The highest BCUT2D eigenvalue weighted by Gasteiger charge is 2.14. The van der Waals surface area contributed by atoms with E-state index < -0.39 is 17.9 Å². The Morgan fingerprint density at radius 2 is 2.27 bits per heavy atom. The lowest BCUT2D eigenvalue weighted by molar-refractivity contribution is -0.142. The van der Waals surface area contributed by atoms with Gasteiger partial charge in [0.25, 0.3) is 0 Å². The topological polar surface area (TPSA) is 46.5 Å². The molecule has 0 heterocycles. The maximum atomic E-state index is 13.0. The fourth-order valence-electron chi connectivity index (χ4n) is 1.13. The first kappa shape index (κ1) is 12.1. The molecule has 0 amide bonds. The Labute approximate surface area is 95.0 Å². The van der Waals surface area contributed by atoms with Crippen LogP contribution in [0.4, 0.5) is 4.39 Å². The third-order valence-corrected chi connectivity index (χ3v) is 2.32. The molecule has 1 aromatic rings. The van der Waals surface area contributed by atoms with E-state index in [1.807, 2.05) is 0 Å². The van der Waals surface area contributed by atoms with Crippen LogP contribution in [0.15, 0.2) is 22.7 Å². The van der Waals surface area contributed by atoms with Gasteiger partial charge in [-0.3, -0.25) is 4.79 Å². The van der Waals surface area contributed by atoms with E-state index in [9.17, 15) is 14.3 Å². The molecule has 15 heavy (non-hydrogen) atoms. The minimum absolute atomic E-state index is 0.188. The van der Waals surface area contributed by atoms with Crippen LogP contribution < -0.4 is 0 Å². The van der Waals surface area contributed by atoms with Crippen molar-refractivity contribution in [3.63, 3.8) is 0 Å². The lowest BCUT2D eigenvalue weighted by Gasteiger charge is -2.09. The zero-order valence-electron chi connectivity index (χ0n) is 8.04. The number of rotatable bonds is 3. The van der Waals surface area contributed by atoms with E-state index in [1.54, 1.807) is 6.07 Å². The van der Waals surface area contributed by atoms with Crippen LogP contribution >= 0.6 is 15.9 Å². The average Bonchev–Trinajstić information content (AvgIpc) is 2.16. The number of hydrogen-bond acceptors (Lipinski definition) is 3. The highest BCUT2D eigenvalue weighted by Crippen LogP contribution is 2.22. The molecular weight excluding hydrogens is 267 g/mol. The predicted octanol–water partition coefficient (Wildman–Crippen LogP) is 2.18. The molecular formula is C10H10BrFO3. The van der Waals surface area contributed by atoms with E-state index in [1.165, 1.54) is 19.2 Å². The standard InChI is InChI=1S/C10H10BrFO3/c1-15-10(14)5-9(13)6-2-7(11)4-8(12)3-6/h2-4,9,13H,5H2,1H3. The predicted molar refractivity (Wildman–Crippen MR) is 55.7 cm³/mol. The van der Waals surface area contributed by atoms with Crippen molar-refractivity contribution in [1.29, 1.82) is 0 Å². The molecule has 0 bridgehead atoms. The summed E-state index contributed by atoms with van der Waals surface area (Å²) in [5.74, 6) is -1.01. The first-order chi connectivity index (χ1) is 7.02. The van der Waals surface area contributed by atoms with Crippen LogP contribution in [0.5, 0.6) is 0 Å². The van der Waals surface area contributed by atoms with Gasteiger partial charge in [0, 0.05) is 4.47 Å². The summed E-state index contributed by atoms with van der Waals surface area (Å²) in [5.41, 5.74) is 0.340. The Morgan fingerprint density at radius 1 is 1.60 bits per heavy atom. The fourth-order valence-corrected chi connectivity index (χ4v) is 1.61. The molecule has 1 rings (SSSR count). The molecule has 5 heteroatoms. The van der Waals surface area contributed by atoms with E-state index in [2.05, 4.69) is 20.7 Å². The highest BCUT2D eigenvalue weighted by atomic mass is 79.9. The van der Waals surface area contributed by atoms with Gasteiger partial charge in [-0.05, 0) is 23.8 Å². The molecule has 0 saturated heterocycles. The van der Waals surface area contributed by atoms with Crippen LogP contribution in [-0.2, 0) is 9.53 Å². The van der Waals surface area contributed by atoms with Gasteiger partial charge in [-0.15, -0.1) is 0 Å². The molecule has 0 saturated carbocycles. The molecule has 1 unspecified atom stereocenters. The number of esters is 1. The van der Waals surface area contributed by atoms with Crippen LogP contribution in [0.1, 0.15) is 18.1 Å². The summed E-state index contributed by atoms with van der Waals surface area (Å²) in [6.07, 6.45) is -1.24. The number of ether oxygens (including phenoxy) is 1. The minimum Gasteiger partial charge on any atom is -0.469 e. The van der Waals surface area contributed by atoms with Crippen molar-refractivity contribution in [2.24, 2.45) is 0 Å². The second kappa shape index (κ2) is 5.23. The monoisotopic (exact) mass is 276 g/mol. The fraction of sp³-hybridized carbons (Fsp3) is 0.300. The van der Waals surface area contributed by atoms with Gasteiger partial charge in [0.2, 0.25) is 0 Å². The van der Waals surface area contributed by atoms with Gasteiger partial charge in [0.05, 0.1) is 19.6 Å². The van der Waals surface area contributed by atoms with E-state index in [0.29, 0.717) is 10.0 Å². The Bertz CT molecular complexity index is 347. The van der Waals surface area contributed by atoms with Crippen LogP contribution in [0.3, 0.4) is 0 Å². The van der Waals surface area contributed by atoms with Gasteiger partial charge in [0.1, 0.15) is 5.82 Å². The van der Waals surface area contributed by atoms with Crippen molar-refractivity contribution in [2.75, 3.05) is 7.11 Å². The van der Waals surface area contributed by atoms with E-state index in [0.717, 1.165) is 0 Å². The lowest BCUT2D eigenvalue weighted by Crippen LogP contribution is -2.08. The SMILES string of the molecule is COC(=O)CC(O)c1cc(F)cc(Br)c1. The van der Waals surface area contributed by atoms with Gasteiger partial charge in [0.15, 0.2) is 0 Å². The van der Waals surface area contributed by atoms with E-state index >= 15 is 0 Å². The lowest BCUT2D eigenvalue weighted by atomic mass is 10.1. The summed E-state index contributed by atoms with van der Waals surface area (Å²) in [4.78, 5) is 10.9. The number of benzene rings is 1. The van der Waals surface area contributed by atoms with Crippen molar-refractivity contribution in [3.8, 4) is 0 Å². The van der Waals surface area contributed by atoms with Crippen molar-refractivity contribution in [1.82, 2.24) is 0 Å². The van der Waals surface area contributed by atoms with Gasteiger partial charge in [-0.1, -0.05) is 15.9 Å². The smallest absolute Gasteiger partial charge is 0.308 e. The molecule has 1 atom stereocenters. The summed E-state index contributed by atoms with van der Waals surface area (Å²) >= 11 is 3.10. The largest absolute Gasteiger partial charge is 0.469 e. The summed E-state index contributed by atoms with van der Waals surface area (Å²) in [6, 6.07) is 4.00. The second-order valence-electron chi connectivity index (χ2n) is 3.00. The maximum Gasteiger partial charge on any atom is 0.308 e. The number of hydrogen-bond donors (Lipinski definition) is 1. The van der Waals surface area contributed by atoms with Gasteiger partial charge in [-0.25, -0.2) is 4.39 Å². The van der Waals surface area contributed by atoms with Crippen molar-refractivity contribution < 1.29 is 19.0 Å².